The lowest BCUT2D eigenvalue weighted by Gasteiger charge is -2.08. The van der Waals surface area contributed by atoms with Gasteiger partial charge in [0.15, 0.2) is 5.78 Å². The first-order valence-corrected chi connectivity index (χ1v) is 5.44. The van der Waals surface area contributed by atoms with Crippen molar-refractivity contribution in [1.82, 2.24) is 0 Å². The average Bonchev–Trinajstić information content (AvgIpc) is 2.59. The molecule has 0 spiro atoms. The zero-order valence-electron chi connectivity index (χ0n) is 8.89. The van der Waals surface area contributed by atoms with Gasteiger partial charge < -0.3 is 0 Å². The largest absolute Gasteiger partial charge is 0.294 e. The molecule has 0 radical (unpaired) electrons. The van der Waals surface area contributed by atoms with Crippen LogP contribution in [0.5, 0.6) is 0 Å². The number of fused-ring (bicyclic) bond motifs is 1. The van der Waals surface area contributed by atoms with E-state index in [0.29, 0.717) is 5.78 Å². The van der Waals surface area contributed by atoms with Gasteiger partial charge in [0.25, 0.3) is 0 Å². The molecule has 0 aromatic heterocycles. The molecule has 74 valence electrons. The molecule has 0 fully saturated rings. The molecular formula is C13H16O. The Morgan fingerprint density at radius 1 is 1.14 bits per heavy atom. The summed E-state index contributed by atoms with van der Waals surface area (Å²) in [4.78, 5) is 11.6. The number of hydrogen-bond donors (Lipinski definition) is 0. The van der Waals surface area contributed by atoms with Crippen molar-refractivity contribution in [3.63, 3.8) is 0 Å². The van der Waals surface area contributed by atoms with Gasteiger partial charge in [0.05, 0.1) is 0 Å². The van der Waals surface area contributed by atoms with Gasteiger partial charge >= 0.3 is 0 Å². The summed E-state index contributed by atoms with van der Waals surface area (Å²) in [5.41, 5.74) is 4.94. The molecule has 0 atom stereocenters. The Labute approximate surface area is 85.1 Å². The molecule has 1 aliphatic carbocycles. The van der Waals surface area contributed by atoms with E-state index >= 15 is 0 Å². The molecule has 1 aromatic rings. The maximum atomic E-state index is 11.6. The van der Waals surface area contributed by atoms with Crippen molar-refractivity contribution < 1.29 is 4.79 Å². The fourth-order valence-electron chi connectivity index (χ4n) is 2.25. The smallest absolute Gasteiger partial charge is 0.163 e. The molecule has 0 aliphatic heterocycles. The van der Waals surface area contributed by atoms with Crippen LogP contribution in [0.4, 0.5) is 0 Å². The number of benzene rings is 1. The van der Waals surface area contributed by atoms with Crippen LogP contribution in [0.2, 0.25) is 0 Å². The number of aryl methyl sites for hydroxylation is 3. The first-order valence-electron chi connectivity index (χ1n) is 5.44. The molecule has 2 rings (SSSR count). The molecule has 0 saturated heterocycles. The summed E-state index contributed by atoms with van der Waals surface area (Å²) in [6.45, 7) is 4.29. The lowest BCUT2D eigenvalue weighted by Crippen LogP contribution is -1.99. The number of carbonyl (C=O) groups is 1. The highest BCUT2D eigenvalue weighted by Crippen LogP contribution is 2.27. The van der Waals surface area contributed by atoms with E-state index in [4.69, 9.17) is 0 Å². The minimum Gasteiger partial charge on any atom is -0.294 e. The number of hydrogen-bond acceptors (Lipinski definition) is 1. The van der Waals surface area contributed by atoms with Crippen LogP contribution in [0.25, 0.3) is 0 Å². The highest BCUT2D eigenvalue weighted by Gasteiger charge is 2.22. The molecule has 1 heteroatoms. The van der Waals surface area contributed by atoms with Crippen molar-refractivity contribution in [2.45, 2.75) is 39.5 Å². The summed E-state index contributed by atoms with van der Waals surface area (Å²) in [6, 6.07) is 4.40. The molecule has 0 heterocycles. The molecular weight excluding hydrogens is 172 g/mol. The standard InChI is InChI=1S/C13H16O/c1-3-9-7-10(4-2)13-11(8-9)5-6-12(13)14/h7-8H,3-6H2,1-2H3. The van der Waals surface area contributed by atoms with Crippen molar-refractivity contribution >= 4 is 5.78 Å². The second kappa shape index (κ2) is 3.56. The van der Waals surface area contributed by atoms with E-state index in [1.54, 1.807) is 0 Å². The predicted octanol–water partition coefficient (Wildman–Crippen LogP) is 2.94. The monoisotopic (exact) mass is 188 g/mol. The number of ketones is 1. The van der Waals surface area contributed by atoms with Gasteiger partial charge in [0.1, 0.15) is 0 Å². The Morgan fingerprint density at radius 3 is 2.57 bits per heavy atom. The van der Waals surface area contributed by atoms with Gasteiger partial charge in [-0.1, -0.05) is 26.0 Å². The van der Waals surface area contributed by atoms with E-state index in [9.17, 15) is 4.79 Å². The van der Waals surface area contributed by atoms with Crippen molar-refractivity contribution in [3.05, 3.63) is 34.4 Å². The van der Waals surface area contributed by atoms with Gasteiger partial charge in [-0.3, -0.25) is 4.79 Å². The summed E-state index contributed by atoms with van der Waals surface area (Å²) in [6.07, 6.45) is 3.71. The Hall–Kier alpha value is -1.11. The van der Waals surface area contributed by atoms with Crippen LogP contribution in [0, 0.1) is 0 Å². The van der Waals surface area contributed by atoms with Crippen LogP contribution < -0.4 is 0 Å². The van der Waals surface area contributed by atoms with E-state index in [-0.39, 0.29) is 0 Å². The Balaban J connectivity index is 2.58. The molecule has 0 saturated carbocycles. The molecule has 0 N–H and O–H groups in total. The Bertz CT molecular complexity index is 377. The summed E-state index contributed by atoms with van der Waals surface area (Å²) in [7, 11) is 0. The molecule has 0 amide bonds. The van der Waals surface area contributed by atoms with Crippen LogP contribution in [-0.4, -0.2) is 5.78 Å². The van der Waals surface area contributed by atoms with Gasteiger partial charge in [-0.25, -0.2) is 0 Å². The van der Waals surface area contributed by atoms with Crippen LogP contribution in [0.15, 0.2) is 12.1 Å². The third-order valence-corrected chi connectivity index (χ3v) is 3.05. The molecule has 1 aromatic carbocycles. The number of rotatable bonds is 2. The molecule has 14 heavy (non-hydrogen) atoms. The van der Waals surface area contributed by atoms with E-state index < -0.39 is 0 Å². The number of Topliss-reactive ketones (excluding diaryl/α,β-unsaturated/α-hetero) is 1. The van der Waals surface area contributed by atoms with Crippen LogP contribution in [-0.2, 0) is 19.3 Å². The van der Waals surface area contributed by atoms with E-state index in [2.05, 4.69) is 26.0 Å². The maximum absolute atomic E-state index is 11.6. The zero-order valence-corrected chi connectivity index (χ0v) is 8.89. The quantitative estimate of drug-likeness (QED) is 0.697. The van der Waals surface area contributed by atoms with E-state index in [0.717, 1.165) is 31.2 Å². The van der Waals surface area contributed by atoms with Gasteiger partial charge in [0, 0.05) is 12.0 Å². The number of carbonyl (C=O) groups excluding carboxylic acids is 1. The van der Waals surface area contributed by atoms with Crippen molar-refractivity contribution in [2.75, 3.05) is 0 Å². The summed E-state index contributed by atoms with van der Waals surface area (Å²) in [5.74, 6) is 0.347. The third-order valence-electron chi connectivity index (χ3n) is 3.05. The molecule has 1 nitrogen and oxygen atoms in total. The predicted molar refractivity (Wildman–Crippen MR) is 57.8 cm³/mol. The van der Waals surface area contributed by atoms with Crippen LogP contribution in [0.1, 0.15) is 47.3 Å². The van der Waals surface area contributed by atoms with Crippen molar-refractivity contribution in [1.29, 1.82) is 0 Å². The molecule has 0 bridgehead atoms. The van der Waals surface area contributed by atoms with Gasteiger partial charge in [-0.15, -0.1) is 0 Å². The Morgan fingerprint density at radius 2 is 1.93 bits per heavy atom. The second-order valence-corrected chi connectivity index (χ2v) is 3.92. The van der Waals surface area contributed by atoms with Crippen LogP contribution in [0.3, 0.4) is 0 Å². The zero-order chi connectivity index (χ0) is 10.1. The second-order valence-electron chi connectivity index (χ2n) is 3.92. The lowest BCUT2D eigenvalue weighted by molar-refractivity contribution is 0.0994. The van der Waals surface area contributed by atoms with Gasteiger partial charge in [-0.05, 0) is 36.0 Å². The van der Waals surface area contributed by atoms with Gasteiger partial charge in [-0.2, -0.15) is 0 Å². The lowest BCUT2D eigenvalue weighted by atomic mass is 9.96. The molecule has 1 aliphatic rings. The normalized spacial score (nSPS) is 14.6. The first-order chi connectivity index (χ1) is 6.76. The maximum Gasteiger partial charge on any atom is 0.163 e. The topological polar surface area (TPSA) is 17.1 Å². The molecule has 0 unspecified atom stereocenters. The SMILES string of the molecule is CCc1cc(CC)c2c(c1)CCC2=O. The fourth-order valence-corrected chi connectivity index (χ4v) is 2.25. The minimum absolute atomic E-state index is 0.347. The van der Waals surface area contributed by atoms with Gasteiger partial charge in [0.2, 0.25) is 0 Å². The minimum atomic E-state index is 0.347. The van der Waals surface area contributed by atoms with E-state index in [1.807, 2.05) is 0 Å². The van der Waals surface area contributed by atoms with Crippen molar-refractivity contribution in [3.8, 4) is 0 Å². The Kier molecular flexibility index (Phi) is 2.40. The van der Waals surface area contributed by atoms with Crippen LogP contribution >= 0.6 is 0 Å². The summed E-state index contributed by atoms with van der Waals surface area (Å²) >= 11 is 0. The first kappa shape index (κ1) is 9.45. The fraction of sp³-hybridized carbons (Fsp3) is 0.462. The average molecular weight is 188 g/mol. The summed E-state index contributed by atoms with van der Waals surface area (Å²) < 4.78 is 0. The van der Waals surface area contributed by atoms with E-state index in [1.165, 1.54) is 16.7 Å². The summed E-state index contributed by atoms with van der Waals surface area (Å²) in [5, 5.41) is 0. The third kappa shape index (κ3) is 1.37. The van der Waals surface area contributed by atoms with Crippen molar-refractivity contribution in [2.24, 2.45) is 0 Å². The highest BCUT2D eigenvalue weighted by atomic mass is 16.1. The highest BCUT2D eigenvalue weighted by molar-refractivity contribution is 6.01.